The summed E-state index contributed by atoms with van der Waals surface area (Å²) in [5.41, 5.74) is 1.88. The Morgan fingerprint density at radius 3 is 3.11 bits per heavy atom. The molecule has 0 atom stereocenters. The van der Waals surface area contributed by atoms with Crippen molar-refractivity contribution in [1.29, 1.82) is 0 Å². The van der Waals surface area contributed by atoms with E-state index in [1.807, 2.05) is 0 Å². The Morgan fingerprint density at radius 1 is 1.58 bits per heavy atom. The van der Waals surface area contributed by atoms with E-state index in [9.17, 15) is 9.18 Å². The molecular weight excluding hydrogens is 317 g/mol. The first-order valence-corrected chi connectivity index (χ1v) is 6.43. The summed E-state index contributed by atoms with van der Waals surface area (Å²) in [5, 5.41) is 2.91. The van der Waals surface area contributed by atoms with Crippen molar-refractivity contribution in [2.75, 3.05) is 6.61 Å². The number of aromatic nitrogens is 3. The molecule has 2 heterocycles. The van der Waals surface area contributed by atoms with E-state index < -0.39 is 11.8 Å². The second-order valence-corrected chi connectivity index (χ2v) is 4.79. The fraction of sp³-hybridized carbons (Fsp3) is 0.167. The van der Waals surface area contributed by atoms with Crippen LogP contribution in [0.4, 0.5) is 4.39 Å². The monoisotopic (exact) mass is 325 g/mol. The van der Waals surface area contributed by atoms with Crippen LogP contribution in [-0.2, 0) is 4.74 Å². The highest BCUT2D eigenvalue weighted by Crippen LogP contribution is 2.27. The fourth-order valence-electron chi connectivity index (χ4n) is 1.99. The van der Waals surface area contributed by atoms with E-state index in [2.05, 4.69) is 26.0 Å². The summed E-state index contributed by atoms with van der Waals surface area (Å²) >= 11 is 3.29. The van der Waals surface area contributed by atoms with Crippen molar-refractivity contribution in [3.05, 3.63) is 34.2 Å². The van der Waals surface area contributed by atoms with Crippen LogP contribution >= 0.6 is 15.9 Å². The van der Waals surface area contributed by atoms with Crippen molar-refractivity contribution in [3.8, 4) is 0 Å². The second-order valence-electron chi connectivity index (χ2n) is 3.93. The number of hydrogen-bond donors (Lipinski definition) is 1. The number of halogens is 2. The summed E-state index contributed by atoms with van der Waals surface area (Å²) < 4.78 is 20.5. The maximum absolute atomic E-state index is 13.3. The summed E-state index contributed by atoms with van der Waals surface area (Å²) in [7, 11) is 0. The number of hydrogen-bond acceptors (Lipinski definition) is 3. The minimum absolute atomic E-state index is 0.286. The Bertz CT molecular complexity index is 793. The van der Waals surface area contributed by atoms with Crippen molar-refractivity contribution in [2.45, 2.75) is 6.92 Å². The molecule has 0 aliphatic carbocycles. The van der Waals surface area contributed by atoms with E-state index >= 15 is 0 Å². The van der Waals surface area contributed by atoms with Gasteiger partial charge in [0.25, 0.3) is 0 Å². The average molecular weight is 326 g/mol. The number of aromatic amines is 1. The van der Waals surface area contributed by atoms with Gasteiger partial charge in [-0.05, 0) is 28.9 Å². The molecular formula is C12H9BrFN3O2. The van der Waals surface area contributed by atoms with E-state index in [1.165, 1.54) is 18.3 Å². The molecule has 0 fully saturated rings. The Labute approximate surface area is 115 Å². The fourth-order valence-corrected chi connectivity index (χ4v) is 2.59. The van der Waals surface area contributed by atoms with E-state index in [4.69, 9.17) is 4.74 Å². The van der Waals surface area contributed by atoms with Crippen molar-refractivity contribution in [3.63, 3.8) is 0 Å². The van der Waals surface area contributed by atoms with Crippen LogP contribution in [0.3, 0.4) is 0 Å². The molecule has 0 aliphatic heterocycles. The molecule has 5 nitrogen and oxygen atoms in total. The Hall–Kier alpha value is -1.89. The third kappa shape index (κ3) is 1.81. The molecule has 0 radical (unpaired) electrons. The number of carbonyl (C=O) groups is 1. The van der Waals surface area contributed by atoms with E-state index in [1.54, 1.807) is 11.4 Å². The van der Waals surface area contributed by atoms with Crippen LogP contribution in [-0.4, -0.2) is 27.2 Å². The maximum atomic E-state index is 13.3. The lowest BCUT2D eigenvalue weighted by atomic mass is 10.3. The van der Waals surface area contributed by atoms with Crippen molar-refractivity contribution in [1.82, 2.24) is 14.6 Å². The number of carbonyl (C=O) groups excluding carboxylic acids is 1. The summed E-state index contributed by atoms with van der Waals surface area (Å²) in [6.07, 6.45) is 1.52. The number of fused-ring (bicyclic) bond motifs is 3. The normalized spacial score (nSPS) is 11.3. The zero-order chi connectivity index (χ0) is 13.6. The number of imidazole rings is 1. The van der Waals surface area contributed by atoms with Gasteiger partial charge in [-0.2, -0.15) is 0 Å². The molecule has 0 saturated heterocycles. The van der Waals surface area contributed by atoms with Crippen LogP contribution in [0.1, 0.15) is 17.3 Å². The first-order chi connectivity index (χ1) is 9.11. The molecule has 3 aromatic rings. The van der Waals surface area contributed by atoms with Crippen molar-refractivity contribution in [2.24, 2.45) is 0 Å². The molecule has 1 aromatic carbocycles. The minimum Gasteiger partial charge on any atom is -0.462 e. The van der Waals surface area contributed by atoms with Crippen LogP contribution < -0.4 is 0 Å². The highest BCUT2D eigenvalue weighted by molar-refractivity contribution is 9.10. The minimum atomic E-state index is -0.458. The maximum Gasteiger partial charge on any atom is 0.343 e. The van der Waals surface area contributed by atoms with Crippen LogP contribution in [0.25, 0.3) is 16.7 Å². The average Bonchev–Trinajstić information content (AvgIpc) is 2.86. The third-order valence-electron chi connectivity index (χ3n) is 2.74. The molecule has 0 unspecified atom stereocenters. The van der Waals surface area contributed by atoms with E-state index in [0.717, 1.165) is 0 Å². The van der Waals surface area contributed by atoms with Gasteiger partial charge in [0.1, 0.15) is 16.9 Å². The van der Waals surface area contributed by atoms with Gasteiger partial charge in [-0.3, -0.25) is 5.10 Å². The SMILES string of the molecule is CCOC(=O)c1c[nH]n2c1nc1cc(F)cc(Br)c12. The lowest BCUT2D eigenvalue weighted by molar-refractivity contribution is 0.0528. The molecule has 0 bridgehead atoms. The van der Waals surface area contributed by atoms with E-state index in [0.29, 0.717) is 26.7 Å². The molecule has 98 valence electrons. The van der Waals surface area contributed by atoms with Crippen molar-refractivity contribution >= 4 is 38.6 Å². The van der Waals surface area contributed by atoms with Gasteiger partial charge in [-0.25, -0.2) is 18.7 Å². The van der Waals surface area contributed by atoms with Gasteiger partial charge in [0.2, 0.25) is 0 Å². The third-order valence-corrected chi connectivity index (χ3v) is 3.35. The summed E-state index contributed by atoms with van der Waals surface area (Å²) in [5.74, 6) is -0.849. The zero-order valence-corrected chi connectivity index (χ0v) is 11.5. The molecule has 1 N–H and O–H groups in total. The molecule has 3 rings (SSSR count). The van der Waals surface area contributed by atoms with Gasteiger partial charge < -0.3 is 4.74 Å². The van der Waals surface area contributed by atoms with Crippen molar-refractivity contribution < 1.29 is 13.9 Å². The molecule has 7 heteroatoms. The lowest BCUT2D eigenvalue weighted by Crippen LogP contribution is -2.03. The predicted molar refractivity (Wildman–Crippen MR) is 70.7 cm³/mol. The number of nitrogens with zero attached hydrogens (tertiary/aromatic N) is 2. The standard InChI is InChI=1S/C12H9BrFN3O2/c1-2-19-12(18)7-5-15-17-10-8(13)3-6(14)4-9(10)16-11(7)17/h3-5,15H,2H2,1H3. The quantitative estimate of drug-likeness (QED) is 0.737. The largest absolute Gasteiger partial charge is 0.462 e. The Morgan fingerprint density at radius 2 is 2.37 bits per heavy atom. The van der Waals surface area contributed by atoms with Gasteiger partial charge in [0.15, 0.2) is 5.65 Å². The van der Waals surface area contributed by atoms with Gasteiger partial charge in [-0.1, -0.05) is 0 Å². The van der Waals surface area contributed by atoms with Gasteiger partial charge in [0.05, 0.1) is 12.1 Å². The predicted octanol–water partition coefficient (Wildman–Crippen LogP) is 2.89. The van der Waals surface area contributed by atoms with Crippen LogP contribution in [0.2, 0.25) is 0 Å². The van der Waals surface area contributed by atoms with Gasteiger partial charge >= 0.3 is 5.97 Å². The van der Waals surface area contributed by atoms with Crippen LogP contribution in [0.15, 0.2) is 22.8 Å². The molecule has 2 aromatic heterocycles. The van der Waals surface area contributed by atoms with Gasteiger partial charge in [0, 0.05) is 16.7 Å². The van der Waals surface area contributed by atoms with Gasteiger partial charge in [-0.15, -0.1) is 0 Å². The van der Waals surface area contributed by atoms with Crippen LogP contribution in [0.5, 0.6) is 0 Å². The zero-order valence-electron chi connectivity index (χ0n) is 9.91. The van der Waals surface area contributed by atoms with E-state index in [-0.39, 0.29) is 6.61 Å². The molecule has 19 heavy (non-hydrogen) atoms. The first kappa shape index (κ1) is 12.2. The number of H-pyrrole nitrogens is 1. The summed E-state index contributed by atoms with van der Waals surface area (Å²) in [4.78, 5) is 16.0. The molecule has 0 amide bonds. The Kier molecular flexibility index (Phi) is 2.78. The molecule has 0 aliphatic rings. The molecule has 0 saturated carbocycles. The summed E-state index contributed by atoms with van der Waals surface area (Å²) in [6.45, 7) is 2.02. The number of benzene rings is 1. The second kappa shape index (κ2) is 4.34. The highest BCUT2D eigenvalue weighted by atomic mass is 79.9. The molecule has 0 spiro atoms. The summed E-state index contributed by atoms with van der Waals surface area (Å²) in [6, 6.07) is 2.66. The number of ether oxygens (including phenoxy) is 1. The topological polar surface area (TPSA) is 59.4 Å². The number of nitrogens with one attached hydrogen (secondary N) is 1. The Balaban J connectivity index is 2.30. The number of esters is 1. The van der Waals surface area contributed by atoms with Crippen LogP contribution in [0, 0.1) is 5.82 Å². The smallest absolute Gasteiger partial charge is 0.343 e. The number of rotatable bonds is 2. The first-order valence-electron chi connectivity index (χ1n) is 5.63. The lowest BCUT2D eigenvalue weighted by Gasteiger charge is -1.96. The highest BCUT2D eigenvalue weighted by Gasteiger charge is 2.19.